The van der Waals surface area contributed by atoms with Crippen LogP contribution in [0.4, 0.5) is 0 Å². The second-order valence-electron chi connectivity index (χ2n) is 3.89. The number of hydrogen-bond acceptors (Lipinski definition) is 4. The van der Waals surface area contributed by atoms with Gasteiger partial charge in [-0.05, 0) is 0 Å². The molecule has 1 N–H and O–H groups in total. The molecule has 1 aromatic rings. The molecule has 7 nitrogen and oxygen atoms in total. The molecule has 0 atom stereocenters. The molecule has 0 saturated heterocycles. The fraction of sp³-hybridized carbons (Fsp3) is 0.556. The van der Waals surface area contributed by atoms with Crippen LogP contribution >= 0.6 is 11.6 Å². The molecule has 1 amide bonds. The van der Waals surface area contributed by atoms with Crippen molar-refractivity contribution in [2.24, 2.45) is 7.05 Å². The van der Waals surface area contributed by atoms with E-state index in [1.807, 2.05) is 0 Å². The van der Waals surface area contributed by atoms with Crippen LogP contribution in [0.2, 0.25) is 5.15 Å². The second kappa shape index (κ2) is 5.68. The molecule has 0 spiro atoms. The van der Waals surface area contributed by atoms with Gasteiger partial charge in [0, 0.05) is 34.1 Å². The van der Waals surface area contributed by atoms with Crippen LogP contribution in [0.25, 0.3) is 0 Å². The zero-order chi connectivity index (χ0) is 13.9. The fourth-order valence-electron chi connectivity index (χ4n) is 1.16. The molecule has 0 aromatic carbocycles. The number of sulfonamides is 1. The molecule has 0 fully saturated rings. The van der Waals surface area contributed by atoms with Crippen LogP contribution in [-0.4, -0.2) is 49.4 Å². The molecule has 18 heavy (non-hydrogen) atoms. The molecule has 0 unspecified atom stereocenters. The summed E-state index contributed by atoms with van der Waals surface area (Å²) < 4.78 is 27.3. The largest absolute Gasteiger partial charge is 0.349 e. The van der Waals surface area contributed by atoms with Crippen LogP contribution < -0.4 is 4.72 Å². The van der Waals surface area contributed by atoms with Gasteiger partial charge in [-0.3, -0.25) is 4.79 Å². The smallest absolute Gasteiger partial charge is 0.261 e. The van der Waals surface area contributed by atoms with E-state index in [0.717, 1.165) is 0 Å². The van der Waals surface area contributed by atoms with Gasteiger partial charge >= 0.3 is 0 Å². The number of carbonyl (C=O) groups excluding carboxylic acids is 1. The first kappa shape index (κ1) is 14.9. The van der Waals surface area contributed by atoms with Gasteiger partial charge in [0.2, 0.25) is 10.9 Å². The SMILES string of the molecule is CN(C)C(=O)CCNS(=O)(=O)c1ncn(C)c1Cl. The Balaban J connectivity index is 2.67. The number of nitrogens with zero attached hydrogens (tertiary/aromatic N) is 3. The van der Waals surface area contributed by atoms with Crippen LogP contribution in [0.1, 0.15) is 6.42 Å². The van der Waals surface area contributed by atoms with Gasteiger partial charge in [0.1, 0.15) is 5.15 Å². The van der Waals surface area contributed by atoms with Crippen LogP contribution in [0.5, 0.6) is 0 Å². The molecule has 0 aliphatic rings. The summed E-state index contributed by atoms with van der Waals surface area (Å²) in [6.45, 7) is 0.00620. The summed E-state index contributed by atoms with van der Waals surface area (Å²) in [5.74, 6) is -0.162. The van der Waals surface area contributed by atoms with Crippen molar-refractivity contribution >= 4 is 27.5 Å². The molecular weight excluding hydrogens is 280 g/mol. The van der Waals surface area contributed by atoms with Crippen molar-refractivity contribution in [1.29, 1.82) is 0 Å². The van der Waals surface area contributed by atoms with E-state index in [1.165, 1.54) is 15.8 Å². The first-order valence-electron chi connectivity index (χ1n) is 5.12. The topological polar surface area (TPSA) is 84.3 Å². The fourth-order valence-corrected chi connectivity index (χ4v) is 2.61. The van der Waals surface area contributed by atoms with Crippen molar-refractivity contribution in [2.45, 2.75) is 11.4 Å². The predicted molar refractivity (Wildman–Crippen MR) is 66.7 cm³/mol. The third-order valence-electron chi connectivity index (χ3n) is 2.22. The maximum absolute atomic E-state index is 11.8. The molecule has 0 radical (unpaired) electrons. The van der Waals surface area contributed by atoms with Gasteiger partial charge < -0.3 is 9.47 Å². The third kappa shape index (κ3) is 3.44. The van der Waals surface area contributed by atoms with Crippen molar-refractivity contribution in [2.75, 3.05) is 20.6 Å². The van der Waals surface area contributed by atoms with Gasteiger partial charge in [0.25, 0.3) is 10.0 Å². The van der Waals surface area contributed by atoms with Gasteiger partial charge in [0.05, 0.1) is 6.33 Å². The first-order valence-corrected chi connectivity index (χ1v) is 6.98. The molecule has 1 heterocycles. The standard InChI is InChI=1S/C9H15ClN4O3S/c1-13(2)7(15)4-5-12-18(16,17)9-8(10)14(3)6-11-9/h6,12H,4-5H2,1-3H3. The minimum atomic E-state index is -3.78. The molecule has 0 bridgehead atoms. The summed E-state index contributed by atoms with van der Waals surface area (Å²) in [4.78, 5) is 16.4. The van der Waals surface area contributed by atoms with E-state index in [4.69, 9.17) is 11.6 Å². The van der Waals surface area contributed by atoms with Gasteiger partial charge in [-0.1, -0.05) is 11.6 Å². The van der Waals surface area contributed by atoms with E-state index >= 15 is 0 Å². The van der Waals surface area contributed by atoms with Crippen molar-refractivity contribution < 1.29 is 13.2 Å². The Kier molecular flexibility index (Phi) is 4.71. The molecule has 1 aromatic heterocycles. The summed E-state index contributed by atoms with van der Waals surface area (Å²) >= 11 is 5.79. The number of aromatic nitrogens is 2. The van der Waals surface area contributed by atoms with Crippen molar-refractivity contribution in [3.63, 3.8) is 0 Å². The Bertz CT molecular complexity index is 538. The predicted octanol–water partition coefficient (Wildman–Crippen LogP) is -0.170. The number of halogens is 1. The average molecular weight is 295 g/mol. The Morgan fingerprint density at radius 1 is 1.56 bits per heavy atom. The summed E-state index contributed by atoms with van der Waals surface area (Å²) in [6, 6.07) is 0. The van der Waals surface area contributed by atoms with Crippen LogP contribution in [-0.2, 0) is 21.9 Å². The van der Waals surface area contributed by atoms with E-state index in [1.54, 1.807) is 21.1 Å². The number of aryl methyl sites for hydroxylation is 1. The molecule has 0 aliphatic carbocycles. The van der Waals surface area contributed by atoms with Crippen LogP contribution in [0.3, 0.4) is 0 Å². The van der Waals surface area contributed by atoms with Gasteiger partial charge in [-0.2, -0.15) is 0 Å². The highest BCUT2D eigenvalue weighted by Gasteiger charge is 2.22. The first-order chi connectivity index (χ1) is 8.25. The third-order valence-corrected chi connectivity index (χ3v) is 4.17. The van der Waals surface area contributed by atoms with E-state index in [9.17, 15) is 13.2 Å². The number of rotatable bonds is 5. The lowest BCUT2D eigenvalue weighted by Crippen LogP contribution is -2.30. The summed E-state index contributed by atoms with van der Waals surface area (Å²) in [5, 5.41) is -0.203. The average Bonchev–Trinajstić information content (AvgIpc) is 2.59. The van der Waals surface area contributed by atoms with Crippen molar-refractivity contribution in [3.8, 4) is 0 Å². The second-order valence-corrected chi connectivity index (χ2v) is 5.93. The highest BCUT2D eigenvalue weighted by Crippen LogP contribution is 2.17. The van der Waals surface area contributed by atoms with Crippen LogP contribution in [0.15, 0.2) is 11.4 Å². The molecule has 102 valence electrons. The minimum absolute atomic E-state index is 0.00620. The van der Waals surface area contributed by atoms with E-state index < -0.39 is 10.0 Å². The summed E-state index contributed by atoms with van der Waals surface area (Å²) in [7, 11) is 1.02. The number of amides is 1. The Morgan fingerprint density at radius 3 is 2.61 bits per heavy atom. The minimum Gasteiger partial charge on any atom is -0.349 e. The molecular formula is C9H15ClN4O3S. The normalized spacial score (nSPS) is 11.6. The maximum Gasteiger partial charge on any atom is 0.261 e. The number of imidazole rings is 1. The number of hydrogen-bond donors (Lipinski definition) is 1. The lowest BCUT2D eigenvalue weighted by molar-refractivity contribution is -0.128. The van der Waals surface area contributed by atoms with Gasteiger partial charge in [0.15, 0.2) is 0 Å². The Labute approximate surface area is 111 Å². The van der Waals surface area contributed by atoms with Crippen LogP contribution in [0, 0.1) is 0 Å². The van der Waals surface area contributed by atoms with Gasteiger partial charge in [-0.15, -0.1) is 0 Å². The number of nitrogens with one attached hydrogen (secondary N) is 1. The summed E-state index contributed by atoms with van der Waals surface area (Å²) in [5.41, 5.74) is 0. The Hall–Kier alpha value is -1.12. The maximum atomic E-state index is 11.8. The Morgan fingerprint density at radius 2 is 2.17 bits per heavy atom. The summed E-state index contributed by atoms with van der Waals surface area (Å²) in [6.07, 6.45) is 1.39. The zero-order valence-corrected chi connectivity index (χ0v) is 11.9. The number of carbonyl (C=O) groups is 1. The molecule has 0 aliphatic heterocycles. The highest BCUT2D eigenvalue weighted by atomic mass is 35.5. The lowest BCUT2D eigenvalue weighted by atomic mass is 10.4. The van der Waals surface area contributed by atoms with Crippen molar-refractivity contribution in [1.82, 2.24) is 19.2 Å². The highest BCUT2D eigenvalue weighted by molar-refractivity contribution is 7.89. The monoisotopic (exact) mass is 294 g/mol. The lowest BCUT2D eigenvalue weighted by Gasteiger charge is -2.10. The van der Waals surface area contributed by atoms with Crippen molar-refractivity contribution in [3.05, 3.63) is 11.5 Å². The van der Waals surface area contributed by atoms with E-state index in [-0.39, 0.29) is 29.1 Å². The molecule has 9 heteroatoms. The quantitative estimate of drug-likeness (QED) is 0.817. The zero-order valence-electron chi connectivity index (χ0n) is 10.3. The van der Waals surface area contributed by atoms with Gasteiger partial charge in [-0.25, -0.2) is 18.1 Å². The molecule has 0 saturated carbocycles. The van der Waals surface area contributed by atoms with E-state index in [2.05, 4.69) is 9.71 Å². The van der Waals surface area contributed by atoms with E-state index in [0.29, 0.717) is 0 Å². The molecule has 1 rings (SSSR count).